The molecule has 4 heterocycles. The first-order chi connectivity index (χ1) is 10.7. The van der Waals surface area contributed by atoms with Gasteiger partial charge in [0.25, 0.3) is 0 Å². The van der Waals surface area contributed by atoms with Crippen molar-refractivity contribution in [2.45, 2.75) is 32.9 Å². The molecule has 2 aliphatic heterocycles. The van der Waals surface area contributed by atoms with E-state index in [1.807, 2.05) is 49.5 Å². The Balaban J connectivity index is 1.47. The maximum absolute atomic E-state index is 4.71. The van der Waals surface area contributed by atoms with Gasteiger partial charge in [-0.2, -0.15) is 5.10 Å². The van der Waals surface area contributed by atoms with Crippen LogP contribution < -0.4 is 5.43 Å². The smallest absolute Gasteiger partial charge is 0.165 e. The summed E-state index contributed by atoms with van der Waals surface area (Å²) in [5.74, 6) is 1.75. The van der Waals surface area contributed by atoms with Gasteiger partial charge in [-0.15, -0.1) is 0 Å². The lowest BCUT2D eigenvalue weighted by atomic mass is 10.2. The van der Waals surface area contributed by atoms with E-state index in [0.29, 0.717) is 0 Å². The molecule has 0 spiro atoms. The summed E-state index contributed by atoms with van der Waals surface area (Å²) >= 11 is 0. The van der Waals surface area contributed by atoms with Crippen LogP contribution in [0, 0.1) is 0 Å². The van der Waals surface area contributed by atoms with Crippen LogP contribution in [0.5, 0.6) is 0 Å². The number of nitrogens with one attached hydrogen (secondary N) is 1. The quantitative estimate of drug-likeness (QED) is 0.932. The largest absolute Gasteiger partial charge is 0.259 e. The fourth-order valence-electron chi connectivity index (χ4n) is 2.65. The van der Waals surface area contributed by atoms with E-state index in [9.17, 15) is 0 Å². The molecule has 0 saturated heterocycles. The second kappa shape index (κ2) is 5.03. The molecule has 7 nitrogen and oxygen atoms in total. The second-order valence-corrected chi connectivity index (χ2v) is 5.49. The summed E-state index contributed by atoms with van der Waals surface area (Å²) in [6, 6.07) is 5.87. The van der Waals surface area contributed by atoms with E-state index >= 15 is 0 Å². The topological polar surface area (TPSA) is 70.2 Å². The Kier molecular flexibility index (Phi) is 3.00. The minimum absolute atomic E-state index is 0.0354. The van der Waals surface area contributed by atoms with Gasteiger partial charge in [-0.3, -0.25) is 10.0 Å². The van der Waals surface area contributed by atoms with Crippen LogP contribution >= 0.6 is 0 Å². The molecule has 1 unspecified atom stereocenters. The molecular formula is C15H17N7. The van der Waals surface area contributed by atoms with E-state index in [4.69, 9.17) is 4.99 Å². The van der Waals surface area contributed by atoms with Gasteiger partial charge < -0.3 is 0 Å². The van der Waals surface area contributed by atoms with Crippen LogP contribution in [0.3, 0.4) is 0 Å². The third-order valence-corrected chi connectivity index (χ3v) is 3.82. The zero-order valence-corrected chi connectivity index (χ0v) is 12.6. The summed E-state index contributed by atoms with van der Waals surface area (Å²) in [5, 5.41) is 6.48. The van der Waals surface area contributed by atoms with Crippen molar-refractivity contribution in [3.8, 4) is 0 Å². The number of aryl methyl sites for hydroxylation is 1. The van der Waals surface area contributed by atoms with Gasteiger partial charge in [-0.05, 0) is 32.4 Å². The van der Waals surface area contributed by atoms with Crippen LogP contribution in [0.15, 0.2) is 46.3 Å². The molecule has 2 aromatic rings. The minimum Gasteiger partial charge on any atom is -0.259 e. The molecule has 0 radical (unpaired) electrons. The Morgan fingerprint density at radius 2 is 2.18 bits per heavy atom. The van der Waals surface area contributed by atoms with E-state index < -0.39 is 0 Å². The molecule has 22 heavy (non-hydrogen) atoms. The highest BCUT2D eigenvalue weighted by Gasteiger charge is 2.29. The minimum atomic E-state index is 0.0354. The lowest BCUT2D eigenvalue weighted by Gasteiger charge is -2.24. The number of allylic oxidation sites excluding steroid dienone is 1. The Morgan fingerprint density at radius 3 is 3.00 bits per heavy atom. The number of amidine groups is 1. The van der Waals surface area contributed by atoms with Gasteiger partial charge in [0.15, 0.2) is 17.3 Å². The molecule has 0 bridgehead atoms. The molecule has 0 aromatic carbocycles. The van der Waals surface area contributed by atoms with Gasteiger partial charge in [0.05, 0.1) is 11.4 Å². The summed E-state index contributed by atoms with van der Waals surface area (Å²) in [6.07, 6.45) is 5.43. The van der Waals surface area contributed by atoms with Crippen molar-refractivity contribution in [1.82, 2.24) is 25.0 Å². The van der Waals surface area contributed by atoms with Gasteiger partial charge in [-0.1, -0.05) is 6.07 Å². The molecule has 2 aromatic heterocycles. The number of hydrogen-bond donors (Lipinski definition) is 1. The number of rotatable bonds is 3. The van der Waals surface area contributed by atoms with Crippen LogP contribution in [0.2, 0.25) is 0 Å². The van der Waals surface area contributed by atoms with Gasteiger partial charge >= 0.3 is 0 Å². The van der Waals surface area contributed by atoms with E-state index in [0.717, 1.165) is 41.6 Å². The van der Waals surface area contributed by atoms with Gasteiger partial charge in [0, 0.05) is 18.8 Å². The molecule has 7 heteroatoms. The predicted molar refractivity (Wildman–Crippen MR) is 84.4 cm³/mol. The SMILES string of the molecule is CC1=CN=C(C)C2=NC(CCc3nc4ccccn4n3)NN12. The number of hydrogen-bond acceptors (Lipinski definition) is 6. The molecular weight excluding hydrogens is 278 g/mol. The van der Waals surface area contributed by atoms with Crippen LogP contribution in [0.25, 0.3) is 5.65 Å². The van der Waals surface area contributed by atoms with Crippen LogP contribution in [-0.4, -0.2) is 37.3 Å². The normalized spacial score (nSPS) is 20.7. The van der Waals surface area contributed by atoms with Crippen molar-refractivity contribution in [2.75, 3.05) is 0 Å². The third-order valence-electron chi connectivity index (χ3n) is 3.82. The molecule has 0 amide bonds. The molecule has 2 aliphatic rings. The number of aromatic nitrogens is 3. The fourth-order valence-corrected chi connectivity index (χ4v) is 2.65. The number of pyridine rings is 1. The van der Waals surface area contributed by atoms with Crippen molar-refractivity contribution >= 4 is 17.2 Å². The van der Waals surface area contributed by atoms with Crippen molar-refractivity contribution in [2.24, 2.45) is 9.98 Å². The monoisotopic (exact) mass is 295 g/mol. The Morgan fingerprint density at radius 1 is 1.27 bits per heavy atom. The maximum atomic E-state index is 4.71. The van der Waals surface area contributed by atoms with Gasteiger partial charge in [-0.25, -0.2) is 19.9 Å². The third kappa shape index (κ3) is 2.19. The van der Waals surface area contributed by atoms with Gasteiger partial charge in [0.1, 0.15) is 6.17 Å². The average molecular weight is 295 g/mol. The molecule has 112 valence electrons. The lowest BCUT2D eigenvalue weighted by molar-refractivity contribution is 0.344. The summed E-state index contributed by atoms with van der Waals surface area (Å²) in [4.78, 5) is 13.6. The van der Waals surface area contributed by atoms with E-state index in [1.165, 1.54) is 0 Å². The average Bonchev–Trinajstić information content (AvgIpc) is 3.13. The maximum Gasteiger partial charge on any atom is 0.165 e. The zero-order chi connectivity index (χ0) is 15.1. The first-order valence-corrected chi connectivity index (χ1v) is 7.36. The molecule has 0 fully saturated rings. The first-order valence-electron chi connectivity index (χ1n) is 7.36. The molecule has 1 N–H and O–H groups in total. The molecule has 0 saturated carbocycles. The highest BCUT2D eigenvalue weighted by atomic mass is 15.6. The summed E-state index contributed by atoms with van der Waals surface area (Å²) in [6.45, 7) is 3.99. The summed E-state index contributed by atoms with van der Waals surface area (Å²) in [5.41, 5.74) is 6.26. The molecule has 0 aliphatic carbocycles. The highest BCUT2D eigenvalue weighted by Crippen LogP contribution is 2.18. The van der Waals surface area contributed by atoms with Crippen molar-refractivity contribution < 1.29 is 0 Å². The Labute approximate surface area is 128 Å². The second-order valence-electron chi connectivity index (χ2n) is 5.49. The lowest BCUT2D eigenvalue weighted by Crippen LogP contribution is -2.42. The fraction of sp³-hybridized carbons (Fsp3) is 0.333. The molecule has 4 rings (SSSR count). The predicted octanol–water partition coefficient (Wildman–Crippen LogP) is 1.54. The van der Waals surface area contributed by atoms with Crippen LogP contribution in [0.4, 0.5) is 0 Å². The van der Waals surface area contributed by atoms with Gasteiger partial charge in [0.2, 0.25) is 0 Å². The summed E-state index contributed by atoms with van der Waals surface area (Å²) < 4.78 is 1.80. The first kappa shape index (κ1) is 13.1. The van der Waals surface area contributed by atoms with Crippen LogP contribution in [0.1, 0.15) is 26.1 Å². The van der Waals surface area contributed by atoms with E-state index in [2.05, 4.69) is 20.5 Å². The van der Waals surface area contributed by atoms with E-state index in [-0.39, 0.29) is 6.17 Å². The number of hydrazine groups is 1. The Hall–Kier alpha value is -2.54. The number of nitrogens with zero attached hydrogens (tertiary/aromatic N) is 6. The van der Waals surface area contributed by atoms with Crippen molar-refractivity contribution in [1.29, 1.82) is 0 Å². The Bertz CT molecular complexity index is 781. The van der Waals surface area contributed by atoms with E-state index in [1.54, 1.807) is 4.52 Å². The van der Waals surface area contributed by atoms with Crippen molar-refractivity contribution in [3.05, 3.63) is 42.1 Å². The standard InChI is InChI=1S/C15H17N7/c1-10-9-16-11(2)15-18-13(20-22(10)15)7-6-12-17-14-5-3-4-8-21(14)19-12/h3-5,8-9,13,20H,6-7H2,1-2H3. The molecule has 1 atom stereocenters. The van der Waals surface area contributed by atoms with Crippen molar-refractivity contribution in [3.63, 3.8) is 0 Å². The zero-order valence-electron chi connectivity index (χ0n) is 12.6. The summed E-state index contributed by atoms with van der Waals surface area (Å²) in [7, 11) is 0. The van der Waals surface area contributed by atoms with Crippen LogP contribution in [-0.2, 0) is 6.42 Å². The number of fused-ring (bicyclic) bond motifs is 2. The number of aliphatic imine (C=N–C) groups is 2. The highest BCUT2D eigenvalue weighted by molar-refractivity contribution is 6.41.